The molecule has 8 heteroatoms. The topological polar surface area (TPSA) is 109 Å². The van der Waals surface area contributed by atoms with Crippen molar-refractivity contribution in [2.45, 2.75) is 6.61 Å². The number of methoxy groups -OCH3 is 1. The van der Waals surface area contributed by atoms with Crippen LogP contribution in [0.4, 0.5) is 5.69 Å². The van der Waals surface area contributed by atoms with E-state index in [1.54, 1.807) is 0 Å². The van der Waals surface area contributed by atoms with E-state index in [9.17, 15) is 19.7 Å². The van der Waals surface area contributed by atoms with Gasteiger partial charge in [-0.25, -0.2) is 9.59 Å². The zero-order valence-electron chi connectivity index (χ0n) is 11.5. The first-order chi connectivity index (χ1) is 10.5. The molecule has 0 fully saturated rings. The molecule has 114 valence electrons. The van der Waals surface area contributed by atoms with Crippen LogP contribution in [0.25, 0.3) is 0 Å². The molecular weight excluding hydrogens is 294 g/mol. The number of nitro groups is 1. The Morgan fingerprint density at radius 2 is 2.00 bits per heavy atom. The van der Waals surface area contributed by atoms with Gasteiger partial charge in [0, 0.05) is 12.1 Å². The third-order valence-electron chi connectivity index (χ3n) is 2.69. The third-order valence-corrected chi connectivity index (χ3v) is 2.69. The quantitative estimate of drug-likeness (QED) is 0.473. The number of furan rings is 1. The SMILES string of the molecule is COC(=O)c1ccc(COC(=O)c2cccc([N+](=O)[O-])c2)o1. The average molecular weight is 305 g/mol. The highest BCUT2D eigenvalue weighted by Gasteiger charge is 2.15. The van der Waals surface area contributed by atoms with Crippen LogP contribution < -0.4 is 0 Å². The van der Waals surface area contributed by atoms with Crippen LogP contribution in [0.2, 0.25) is 0 Å². The van der Waals surface area contributed by atoms with E-state index in [1.165, 1.54) is 37.4 Å². The molecule has 22 heavy (non-hydrogen) atoms. The summed E-state index contributed by atoms with van der Waals surface area (Å²) in [7, 11) is 1.22. The van der Waals surface area contributed by atoms with Crippen LogP contribution in [0, 0.1) is 10.1 Å². The maximum atomic E-state index is 11.8. The monoisotopic (exact) mass is 305 g/mol. The van der Waals surface area contributed by atoms with Crippen LogP contribution in [-0.2, 0) is 16.1 Å². The smallest absolute Gasteiger partial charge is 0.373 e. The van der Waals surface area contributed by atoms with E-state index in [2.05, 4.69) is 4.74 Å². The Hall–Kier alpha value is -3.16. The lowest BCUT2D eigenvalue weighted by molar-refractivity contribution is -0.384. The second-order valence-electron chi connectivity index (χ2n) is 4.14. The number of benzene rings is 1. The van der Waals surface area contributed by atoms with Gasteiger partial charge in [0.05, 0.1) is 17.6 Å². The van der Waals surface area contributed by atoms with Crippen molar-refractivity contribution in [3.63, 3.8) is 0 Å². The van der Waals surface area contributed by atoms with E-state index in [-0.39, 0.29) is 29.4 Å². The molecule has 8 nitrogen and oxygen atoms in total. The molecule has 1 aromatic heterocycles. The lowest BCUT2D eigenvalue weighted by Crippen LogP contribution is -2.05. The van der Waals surface area contributed by atoms with Crippen molar-refractivity contribution >= 4 is 17.6 Å². The molecule has 0 spiro atoms. The number of nitrogens with zero attached hydrogens (tertiary/aromatic N) is 1. The first kappa shape index (κ1) is 15.2. The summed E-state index contributed by atoms with van der Waals surface area (Å²) in [5.41, 5.74) is -0.158. The molecule has 1 aromatic carbocycles. The Balaban J connectivity index is 2.01. The van der Waals surface area contributed by atoms with Gasteiger partial charge >= 0.3 is 11.9 Å². The van der Waals surface area contributed by atoms with E-state index in [1.807, 2.05) is 0 Å². The minimum absolute atomic E-state index is 0.0103. The fourth-order valence-corrected chi connectivity index (χ4v) is 1.63. The zero-order chi connectivity index (χ0) is 16.1. The number of ether oxygens (including phenoxy) is 2. The second kappa shape index (κ2) is 6.53. The average Bonchev–Trinajstić information content (AvgIpc) is 3.00. The lowest BCUT2D eigenvalue weighted by Gasteiger charge is -2.02. The van der Waals surface area contributed by atoms with E-state index < -0.39 is 16.9 Å². The molecule has 0 aliphatic carbocycles. The van der Waals surface area contributed by atoms with Gasteiger partial charge in [-0.05, 0) is 18.2 Å². The first-order valence-electron chi connectivity index (χ1n) is 6.10. The van der Waals surface area contributed by atoms with Gasteiger partial charge in [0.15, 0.2) is 0 Å². The van der Waals surface area contributed by atoms with E-state index in [0.29, 0.717) is 0 Å². The third kappa shape index (κ3) is 3.48. The molecule has 0 aliphatic heterocycles. The van der Waals surface area contributed by atoms with Crippen molar-refractivity contribution in [2.24, 2.45) is 0 Å². The molecule has 0 saturated carbocycles. The number of rotatable bonds is 5. The number of non-ortho nitro benzene ring substituents is 1. The van der Waals surface area contributed by atoms with Gasteiger partial charge in [0.1, 0.15) is 12.4 Å². The van der Waals surface area contributed by atoms with Crippen molar-refractivity contribution in [3.8, 4) is 0 Å². The maximum Gasteiger partial charge on any atom is 0.373 e. The minimum atomic E-state index is -0.736. The predicted octanol–water partition coefficient (Wildman–Crippen LogP) is 2.33. The normalized spacial score (nSPS) is 10.0. The molecule has 0 radical (unpaired) electrons. The standard InChI is InChI=1S/C14H11NO7/c1-20-14(17)12-6-5-11(22-12)8-21-13(16)9-3-2-4-10(7-9)15(18)19/h2-7H,8H2,1H3. The molecule has 2 aromatic rings. The number of carbonyl (C=O) groups is 2. The van der Waals surface area contributed by atoms with E-state index in [4.69, 9.17) is 9.15 Å². The summed E-state index contributed by atoms with van der Waals surface area (Å²) in [6.45, 7) is -0.210. The Kier molecular flexibility index (Phi) is 4.52. The highest BCUT2D eigenvalue weighted by Crippen LogP contribution is 2.15. The molecule has 0 amide bonds. The predicted molar refractivity (Wildman–Crippen MR) is 72.3 cm³/mol. The minimum Gasteiger partial charge on any atom is -0.463 e. The van der Waals surface area contributed by atoms with Gasteiger partial charge in [-0.1, -0.05) is 6.07 Å². The summed E-state index contributed by atoms with van der Waals surface area (Å²) >= 11 is 0. The number of hydrogen-bond acceptors (Lipinski definition) is 7. The first-order valence-corrected chi connectivity index (χ1v) is 6.10. The lowest BCUT2D eigenvalue weighted by atomic mass is 10.2. The summed E-state index contributed by atoms with van der Waals surface area (Å²) in [5.74, 6) is -1.14. The van der Waals surface area contributed by atoms with Crippen molar-refractivity contribution in [3.05, 3.63) is 63.6 Å². The summed E-state index contributed by atoms with van der Waals surface area (Å²) in [6, 6.07) is 8.03. The summed E-state index contributed by atoms with van der Waals surface area (Å²) in [4.78, 5) is 33.1. The number of nitro benzene ring substituents is 1. The van der Waals surface area contributed by atoms with Crippen molar-refractivity contribution < 1.29 is 28.4 Å². The van der Waals surface area contributed by atoms with Crippen molar-refractivity contribution in [1.82, 2.24) is 0 Å². The van der Waals surface area contributed by atoms with Crippen LogP contribution >= 0.6 is 0 Å². The number of esters is 2. The molecule has 0 atom stereocenters. The van der Waals surface area contributed by atoms with Crippen LogP contribution in [0.15, 0.2) is 40.8 Å². The van der Waals surface area contributed by atoms with Crippen molar-refractivity contribution in [1.29, 1.82) is 0 Å². The Morgan fingerprint density at radius 1 is 1.23 bits per heavy atom. The molecule has 0 saturated heterocycles. The highest BCUT2D eigenvalue weighted by molar-refractivity contribution is 5.90. The van der Waals surface area contributed by atoms with Gasteiger partial charge in [0.2, 0.25) is 5.76 Å². The largest absolute Gasteiger partial charge is 0.463 e. The summed E-state index contributed by atoms with van der Waals surface area (Å²) in [5, 5.41) is 10.6. The van der Waals surface area contributed by atoms with E-state index >= 15 is 0 Å². The molecule has 1 heterocycles. The van der Waals surface area contributed by atoms with Gasteiger partial charge < -0.3 is 13.9 Å². The molecule has 2 rings (SSSR count). The molecule has 0 aliphatic rings. The van der Waals surface area contributed by atoms with Crippen LogP contribution in [0.3, 0.4) is 0 Å². The molecule has 0 unspecified atom stereocenters. The van der Waals surface area contributed by atoms with Gasteiger partial charge in [0.25, 0.3) is 5.69 Å². The van der Waals surface area contributed by atoms with Crippen LogP contribution in [0.1, 0.15) is 26.7 Å². The maximum absolute atomic E-state index is 11.8. The van der Waals surface area contributed by atoms with Crippen molar-refractivity contribution in [2.75, 3.05) is 7.11 Å². The van der Waals surface area contributed by atoms with Gasteiger partial charge in [-0.2, -0.15) is 0 Å². The fraction of sp³-hybridized carbons (Fsp3) is 0.143. The van der Waals surface area contributed by atoms with Gasteiger partial charge in [-0.3, -0.25) is 10.1 Å². The number of hydrogen-bond donors (Lipinski definition) is 0. The number of carbonyl (C=O) groups excluding carboxylic acids is 2. The van der Waals surface area contributed by atoms with E-state index in [0.717, 1.165) is 6.07 Å². The Morgan fingerprint density at radius 3 is 2.68 bits per heavy atom. The Bertz CT molecular complexity index is 719. The molecule has 0 N–H and O–H groups in total. The molecule has 0 bridgehead atoms. The van der Waals surface area contributed by atoms with Crippen LogP contribution in [0.5, 0.6) is 0 Å². The Labute approximate surface area is 124 Å². The fourth-order valence-electron chi connectivity index (χ4n) is 1.63. The summed E-state index contributed by atoms with van der Waals surface area (Å²) < 4.78 is 14.6. The van der Waals surface area contributed by atoms with Gasteiger partial charge in [-0.15, -0.1) is 0 Å². The molecular formula is C14H11NO7. The summed E-state index contributed by atoms with van der Waals surface area (Å²) in [6.07, 6.45) is 0. The van der Waals surface area contributed by atoms with Crippen LogP contribution in [-0.4, -0.2) is 24.0 Å². The second-order valence-corrected chi connectivity index (χ2v) is 4.14. The highest BCUT2D eigenvalue weighted by atomic mass is 16.6. The zero-order valence-corrected chi connectivity index (χ0v) is 11.5.